The molecule has 0 aromatic rings. The molecule has 0 unspecified atom stereocenters. The minimum Gasteiger partial charge on any atom is -0.480 e. The highest BCUT2D eigenvalue weighted by atomic mass is 16.4. The maximum atomic E-state index is 11.9. The fraction of sp³-hybridized carbons (Fsp3) is 0.714. The molecular weight excluding hydrogens is 230 g/mol. The van der Waals surface area contributed by atoms with Crippen molar-refractivity contribution in [1.82, 2.24) is 5.32 Å². The van der Waals surface area contributed by atoms with Crippen molar-refractivity contribution in [2.24, 2.45) is 0 Å². The number of hydrogen-bond donors (Lipinski definition) is 2. The van der Waals surface area contributed by atoms with Crippen LogP contribution in [0.25, 0.3) is 0 Å². The van der Waals surface area contributed by atoms with Gasteiger partial charge in [-0.25, -0.2) is 4.79 Å². The average molecular weight is 253 g/mol. The maximum absolute atomic E-state index is 11.9. The fourth-order valence-corrected chi connectivity index (χ4v) is 2.37. The third kappa shape index (κ3) is 3.59. The third-order valence-electron chi connectivity index (χ3n) is 3.77. The summed E-state index contributed by atoms with van der Waals surface area (Å²) in [6.07, 6.45) is 7.59. The summed E-state index contributed by atoms with van der Waals surface area (Å²) in [4.78, 5) is 23.2. The quantitative estimate of drug-likeness (QED) is 0.715. The maximum Gasteiger partial charge on any atom is 0.329 e. The normalized spacial score (nSPS) is 16.0. The number of carbonyl (C=O) groups excluding carboxylic acids is 1. The van der Waals surface area contributed by atoms with Crippen LogP contribution in [-0.2, 0) is 9.59 Å². The Labute approximate surface area is 108 Å². The Morgan fingerprint density at radius 2 is 2.00 bits per heavy atom. The molecule has 102 valence electrons. The number of nitrogens with one attached hydrogen (secondary N) is 1. The number of carbonyl (C=O) groups is 2. The van der Waals surface area contributed by atoms with Crippen LogP contribution in [0.1, 0.15) is 58.8 Å². The molecule has 1 rings (SSSR count). The Kier molecular flexibility index (Phi) is 5.38. The van der Waals surface area contributed by atoms with Crippen LogP contribution < -0.4 is 5.32 Å². The van der Waals surface area contributed by atoms with Crippen LogP contribution in [0.15, 0.2) is 11.6 Å². The van der Waals surface area contributed by atoms with E-state index in [1.54, 1.807) is 13.8 Å². The molecule has 0 aromatic carbocycles. The second kappa shape index (κ2) is 6.57. The number of rotatable bonds is 6. The van der Waals surface area contributed by atoms with Gasteiger partial charge in [0.1, 0.15) is 5.54 Å². The summed E-state index contributed by atoms with van der Waals surface area (Å²) in [6, 6.07) is 0. The second-order valence-electron chi connectivity index (χ2n) is 4.93. The van der Waals surface area contributed by atoms with Crippen molar-refractivity contribution in [2.45, 2.75) is 64.3 Å². The van der Waals surface area contributed by atoms with Crippen molar-refractivity contribution in [3.05, 3.63) is 11.6 Å². The van der Waals surface area contributed by atoms with Gasteiger partial charge in [0, 0.05) is 6.42 Å². The van der Waals surface area contributed by atoms with Crippen molar-refractivity contribution >= 4 is 11.9 Å². The lowest BCUT2D eigenvalue weighted by Gasteiger charge is -2.28. The van der Waals surface area contributed by atoms with E-state index in [-0.39, 0.29) is 5.91 Å². The predicted octanol–water partition coefficient (Wildman–Crippen LogP) is 2.64. The Bertz CT molecular complexity index is 343. The molecule has 0 aliphatic heterocycles. The molecule has 0 bridgehead atoms. The molecule has 0 aromatic heterocycles. The SMILES string of the molecule is CCC(CC)(NC(=O)CC1=CCCCC1)C(=O)O. The lowest BCUT2D eigenvalue weighted by Crippen LogP contribution is -2.53. The molecule has 0 saturated carbocycles. The number of hydrogen-bond acceptors (Lipinski definition) is 2. The van der Waals surface area contributed by atoms with Crippen molar-refractivity contribution in [2.75, 3.05) is 0 Å². The highest BCUT2D eigenvalue weighted by Crippen LogP contribution is 2.21. The largest absolute Gasteiger partial charge is 0.480 e. The summed E-state index contributed by atoms with van der Waals surface area (Å²) in [5, 5.41) is 11.9. The van der Waals surface area contributed by atoms with Crippen molar-refractivity contribution in [3.8, 4) is 0 Å². The first kappa shape index (κ1) is 14.7. The number of carboxylic acid groups (broad SMARTS) is 1. The molecule has 0 atom stereocenters. The minimum absolute atomic E-state index is 0.172. The summed E-state index contributed by atoms with van der Waals surface area (Å²) < 4.78 is 0. The highest BCUT2D eigenvalue weighted by Gasteiger charge is 2.36. The number of amides is 1. The lowest BCUT2D eigenvalue weighted by molar-refractivity contribution is -0.148. The Balaban J connectivity index is 2.61. The molecule has 1 amide bonds. The van der Waals surface area contributed by atoms with E-state index < -0.39 is 11.5 Å². The van der Waals surface area contributed by atoms with Crippen LogP contribution in [0, 0.1) is 0 Å². The van der Waals surface area contributed by atoms with E-state index in [1.807, 2.05) is 0 Å². The van der Waals surface area contributed by atoms with Gasteiger partial charge in [-0.3, -0.25) is 4.79 Å². The van der Waals surface area contributed by atoms with E-state index in [4.69, 9.17) is 0 Å². The Morgan fingerprint density at radius 3 is 2.44 bits per heavy atom. The van der Waals surface area contributed by atoms with Crippen molar-refractivity contribution < 1.29 is 14.7 Å². The van der Waals surface area contributed by atoms with Crippen molar-refractivity contribution in [1.29, 1.82) is 0 Å². The van der Waals surface area contributed by atoms with Crippen LogP contribution in [0.3, 0.4) is 0 Å². The molecule has 0 heterocycles. The first-order chi connectivity index (χ1) is 8.54. The molecule has 0 fully saturated rings. The van der Waals surface area contributed by atoms with Gasteiger partial charge in [-0.05, 0) is 38.5 Å². The molecule has 1 aliphatic carbocycles. The first-order valence-corrected chi connectivity index (χ1v) is 6.76. The van der Waals surface area contributed by atoms with Crippen LogP contribution in [0.4, 0.5) is 0 Å². The van der Waals surface area contributed by atoms with E-state index >= 15 is 0 Å². The second-order valence-corrected chi connectivity index (χ2v) is 4.93. The Hall–Kier alpha value is -1.32. The van der Waals surface area contributed by atoms with E-state index in [0.717, 1.165) is 24.8 Å². The zero-order valence-electron chi connectivity index (χ0n) is 11.3. The first-order valence-electron chi connectivity index (χ1n) is 6.76. The smallest absolute Gasteiger partial charge is 0.329 e. The summed E-state index contributed by atoms with van der Waals surface area (Å²) >= 11 is 0. The zero-order valence-corrected chi connectivity index (χ0v) is 11.3. The van der Waals surface area contributed by atoms with Gasteiger partial charge in [-0.15, -0.1) is 0 Å². The van der Waals surface area contributed by atoms with Gasteiger partial charge in [-0.1, -0.05) is 25.5 Å². The van der Waals surface area contributed by atoms with Gasteiger partial charge < -0.3 is 10.4 Å². The van der Waals surface area contributed by atoms with Gasteiger partial charge in [-0.2, -0.15) is 0 Å². The van der Waals surface area contributed by atoms with Crippen LogP contribution in [0.2, 0.25) is 0 Å². The van der Waals surface area contributed by atoms with Crippen molar-refractivity contribution in [3.63, 3.8) is 0 Å². The summed E-state index contributed by atoms with van der Waals surface area (Å²) in [5.74, 6) is -1.12. The summed E-state index contributed by atoms with van der Waals surface area (Å²) in [5.41, 5.74) is 0.0389. The number of aliphatic carboxylic acids is 1. The predicted molar refractivity (Wildman–Crippen MR) is 70.3 cm³/mol. The summed E-state index contributed by atoms with van der Waals surface area (Å²) in [7, 11) is 0. The molecule has 2 N–H and O–H groups in total. The number of carboxylic acids is 1. The minimum atomic E-state index is -1.10. The lowest BCUT2D eigenvalue weighted by atomic mass is 9.91. The number of allylic oxidation sites excluding steroid dienone is 1. The summed E-state index contributed by atoms with van der Waals surface area (Å²) in [6.45, 7) is 3.58. The van der Waals surface area contributed by atoms with Crippen LogP contribution in [0.5, 0.6) is 0 Å². The van der Waals surface area contributed by atoms with Gasteiger partial charge >= 0.3 is 5.97 Å². The molecule has 0 saturated heterocycles. The third-order valence-corrected chi connectivity index (χ3v) is 3.77. The van der Waals surface area contributed by atoms with Gasteiger partial charge in [0.05, 0.1) is 0 Å². The van der Waals surface area contributed by atoms with Crippen LogP contribution >= 0.6 is 0 Å². The topological polar surface area (TPSA) is 66.4 Å². The molecule has 4 heteroatoms. The van der Waals surface area contributed by atoms with E-state index in [0.29, 0.717) is 19.3 Å². The molecule has 4 nitrogen and oxygen atoms in total. The molecule has 0 radical (unpaired) electrons. The highest BCUT2D eigenvalue weighted by molar-refractivity contribution is 5.87. The van der Waals surface area contributed by atoms with E-state index in [9.17, 15) is 14.7 Å². The Morgan fingerprint density at radius 1 is 1.33 bits per heavy atom. The molecule has 1 aliphatic rings. The molecule has 0 spiro atoms. The van der Waals surface area contributed by atoms with E-state index in [2.05, 4.69) is 11.4 Å². The molecule has 18 heavy (non-hydrogen) atoms. The molecular formula is C14H23NO3. The van der Waals surface area contributed by atoms with E-state index in [1.165, 1.54) is 6.42 Å². The standard InChI is InChI=1S/C14H23NO3/c1-3-14(4-2,13(17)18)15-12(16)10-11-8-6-5-7-9-11/h8H,3-7,9-10H2,1-2H3,(H,15,16)(H,17,18). The van der Waals surface area contributed by atoms with Gasteiger partial charge in [0.15, 0.2) is 0 Å². The zero-order chi connectivity index (χ0) is 13.6. The van der Waals surface area contributed by atoms with Gasteiger partial charge in [0.25, 0.3) is 0 Å². The average Bonchev–Trinajstić information content (AvgIpc) is 2.37. The van der Waals surface area contributed by atoms with Crippen LogP contribution in [-0.4, -0.2) is 22.5 Å². The fourth-order valence-electron chi connectivity index (χ4n) is 2.37. The monoisotopic (exact) mass is 253 g/mol. The van der Waals surface area contributed by atoms with Gasteiger partial charge in [0.2, 0.25) is 5.91 Å².